The van der Waals surface area contributed by atoms with E-state index in [4.69, 9.17) is 0 Å². The molecule has 0 amide bonds. The molecule has 0 saturated carbocycles. The Hall–Kier alpha value is -0.960. The first-order valence-electron chi connectivity index (χ1n) is 7.36. The van der Waals surface area contributed by atoms with E-state index in [0.717, 1.165) is 13.0 Å². The third-order valence-electron chi connectivity index (χ3n) is 4.20. The molecule has 1 rings (SSSR count). The fraction of sp³-hybridized carbons (Fsp3) is 0.647. The SMILES string of the molecule is CCNC(CC(C)C(C)(C)C)c1ccc(C)c(F)c1F. The lowest BCUT2D eigenvalue weighted by molar-refractivity contribution is 0.222. The van der Waals surface area contributed by atoms with Crippen molar-refractivity contribution in [3.8, 4) is 0 Å². The summed E-state index contributed by atoms with van der Waals surface area (Å²) in [7, 11) is 0. The molecule has 1 N–H and O–H groups in total. The largest absolute Gasteiger partial charge is 0.310 e. The monoisotopic (exact) mass is 283 g/mol. The van der Waals surface area contributed by atoms with Gasteiger partial charge in [0.25, 0.3) is 0 Å². The van der Waals surface area contributed by atoms with Gasteiger partial charge in [-0.2, -0.15) is 0 Å². The third kappa shape index (κ3) is 4.02. The molecule has 0 bridgehead atoms. The predicted octanol–water partition coefficient (Wildman–Crippen LogP) is 5.00. The van der Waals surface area contributed by atoms with Gasteiger partial charge in [0.2, 0.25) is 0 Å². The van der Waals surface area contributed by atoms with Gasteiger partial charge in [-0.05, 0) is 36.8 Å². The van der Waals surface area contributed by atoms with Gasteiger partial charge in [0.1, 0.15) is 0 Å². The maximum atomic E-state index is 14.2. The van der Waals surface area contributed by atoms with Crippen LogP contribution >= 0.6 is 0 Å². The molecule has 2 unspecified atom stereocenters. The number of nitrogens with one attached hydrogen (secondary N) is 1. The summed E-state index contributed by atoms with van der Waals surface area (Å²) in [4.78, 5) is 0. The van der Waals surface area contributed by atoms with Crippen LogP contribution in [0.5, 0.6) is 0 Å². The van der Waals surface area contributed by atoms with Gasteiger partial charge >= 0.3 is 0 Å². The van der Waals surface area contributed by atoms with Crippen molar-refractivity contribution in [2.75, 3.05) is 6.54 Å². The van der Waals surface area contributed by atoms with Gasteiger partial charge in [-0.1, -0.05) is 46.8 Å². The van der Waals surface area contributed by atoms with Crippen molar-refractivity contribution in [3.05, 3.63) is 34.9 Å². The minimum absolute atomic E-state index is 0.146. The molecule has 0 saturated heterocycles. The molecule has 0 aliphatic rings. The highest BCUT2D eigenvalue weighted by Crippen LogP contribution is 2.34. The van der Waals surface area contributed by atoms with Crippen molar-refractivity contribution in [3.63, 3.8) is 0 Å². The Morgan fingerprint density at radius 1 is 1.15 bits per heavy atom. The fourth-order valence-electron chi connectivity index (χ4n) is 2.20. The zero-order chi connectivity index (χ0) is 15.5. The van der Waals surface area contributed by atoms with Crippen molar-refractivity contribution < 1.29 is 8.78 Å². The quantitative estimate of drug-likeness (QED) is 0.802. The molecular weight excluding hydrogens is 256 g/mol. The molecule has 0 radical (unpaired) electrons. The summed E-state index contributed by atoms with van der Waals surface area (Å²) in [5.74, 6) is -1.04. The number of halogens is 2. The van der Waals surface area contributed by atoms with Crippen molar-refractivity contribution >= 4 is 0 Å². The number of aryl methyl sites for hydroxylation is 1. The van der Waals surface area contributed by atoms with E-state index in [1.165, 1.54) is 0 Å². The van der Waals surface area contributed by atoms with Crippen LogP contribution in [0.4, 0.5) is 8.78 Å². The van der Waals surface area contributed by atoms with Gasteiger partial charge in [0.05, 0.1) is 0 Å². The molecule has 0 heterocycles. The molecule has 1 aromatic rings. The van der Waals surface area contributed by atoms with Gasteiger partial charge in [-0.25, -0.2) is 8.78 Å². The van der Waals surface area contributed by atoms with Crippen molar-refractivity contribution in [1.29, 1.82) is 0 Å². The van der Waals surface area contributed by atoms with Crippen LogP contribution in [-0.4, -0.2) is 6.54 Å². The van der Waals surface area contributed by atoms with E-state index in [1.807, 2.05) is 6.92 Å². The minimum atomic E-state index is -0.728. The molecule has 114 valence electrons. The van der Waals surface area contributed by atoms with Gasteiger partial charge in [0, 0.05) is 11.6 Å². The Morgan fingerprint density at radius 3 is 2.25 bits per heavy atom. The Balaban J connectivity index is 3.06. The Bertz CT molecular complexity index is 449. The molecular formula is C17H27F2N. The Labute approximate surface area is 121 Å². The summed E-state index contributed by atoms with van der Waals surface area (Å²) < 4.78 is 27.9. The Kier molecular flexibility index (Phi) is 5.69. The van der Waals surface area contributed by atoms with E-state index in [2.05, 4.69) is 33.0 Å². The summed E-state index contributed by atoms with van der Waals surface area (Å²) in [6, 6.07) is 3.21. The average Bonchev–Trinajstić information content (AvgIpc) is 2.34. The molecule has 0 fully saturated rings. The van der Waals surface area contributed by atoms with Gasteiger partial charge in [-0.15, -0.1) is 0 Å². The number of hydrogen-bond acceptors (Lipinski definition) is 1. The summed E-state index contributed by atoms with van der Waals surface area (Å²) in [5, 5.41) is 3.28. The zero-order valence-corrected chi connectivity index (χ0v) is 13.5. The van der Waals surface area contributed by atoms with E-state index >= 15 is 0 Å². The molecule has 0 aromatic heterocycles. The number of rotatable bonds is 5. The van der Waals surface area contributed by atoms with E-state index in [0.29, 0.717) is 17.0 Å². The van der Waals surface area contributed by atoms with Crippen LogP contribution in [0.15, 0.2) is 12.1 Å². The van der Waals surface area contributed by atoms with Crippen LogP contribution in [0, 0.1) is 29.9 Å². The van der Waals surface area contributed by atoms with Crippen LogP contribution in [-0.2, 0) is 0 Å². The fourth-order valence-corrected chi connectivity index (χ4v) is 2.20. The highest BCUT2D eigenvalue weighted by molar-refractivity contribution is 5.28. The summed E-state index contributed by atoms with van der Waals surface area (Å²) in [6.07, 6.45) is 0.788. The van der Waals surface area contributed by atoms with Gasteiger partial charge < -0.3 is 5.32 Å². The first-order valence-corrected chi connectivity index (χ1v) is 7.36. The summed E-state index contributed by atoms with van der Waals surface area (Å²) in [6.45, 7) is 13.0. The predicted molar refractivity (Wildman–Crippen MR) is 80.7 cm³/mol. The van der Waals surface area contributed by atoms with E-state index < -0.39 is 11.6 Å². The van der Waals surface area contributed by atoms with Crippen LogP contribution in [0.2, 0.25) is 0 Å². The van der Waals surface area contributed by atoms with Crippen LogP contribution in [0.25, 0.3) is 0 Å². The number of hydrogen-bond donors (Lipinski definition) is 1. The van der Waals surface area contributed by atoms with Crippen molar-refractivity contribution in [2.45, 2.75) is 54.0 Å². The second kappa shape index (κ2) is 6.66. The molecule has 3 heteroatoms. The Morgan fingerprint density at radius 2 is 1.75 bits per heavy atom. The van der Waals surface area contributed by atoms with Crippen molar-refractivity contribution in [1.82, 2.24) is 5.32 Å². The van der Waals surface area contributed by atoms with E-state index in [-0.39, 0.29) is 11.5 Å². The topological polar surface area (TPSA) is 12.0 Å². The van der Waals surface area contributed by atoms with Crippen LogP contribution in [0.1, 0.15) is 58.2 Å². The van der Waals surface area contributed by atoms with Gasteiger partial charge in [0.15, 0.2) is 11.6 Å². The van der Waals surface area contributed by atoms with Crippen LogP contribution < -0.4 is 5.32 Å². The standard InChI is InChI=1S/C17H27F2N/c1-7-20-14(10-12(3)17(4,5)6)13-9-8-11(2)15(18)16(13)19/h8-9,12,14,20H,7,10H2,1-6H3. The lowest BCUT2D eigenvalue weighted by Crippen LogP contribution is -2.28. The van der Waals surface area contributed by atoms with E-state index in [9.17, 15) is 8.78 Å². The lowest BCUT2D eigenvalue weighted by atomic mass is 9.77. The molecule has 1 nitrogen and oxygen atoms in total. The molecule has 0 aliphatic heterocycles. The molecule has 1 aromatic carbocycles. The number of benzene rings is 1. The second-order valence-corrected chi connectivity index (χ2v) is 6.71. The molecule has 20 heavy (non-hydrogen) atoms. The highest BCUT2D eigenvalue weighted by Gasteiger charge is 2.26. The highest BCUT2D eigenvalue weighted by atomic mass is 19.2. The lowest BCUT2D eigenvalue weighted by Gasteiger charge is -2.31. The first kappa shape index (κ1) is 17.1. The normalized spacial score (nSPS) is 15.2. The maximum absolute atomic E-state index is 14.2. The third-order valence-corrected chi connectivity index (χ3v) is 4.20. The van der Waals surface area contributed by atoms with Crippen molar-refractivity contribution in [2.24, 2.45) is 11.3 Å². The van der Waals surface area contributed by atoms with E-state index in [1.54, 1.807) is 19.1 Å². The molecule has 0 aliphatic carbocycles. The zero-order valence-electron chi connectivity index (χ0n) is 13.5. The van der Waals surface area contributed by atoms with Crippen LogP contribution in [0.3, 0.4) is 0 Å². The second-order valence-electron chi connectivity index (χ2n) is 6.71. The summed E-state index contributed by atoms with van der Waals surface area (Å²) in [5.41, 5.74) is 0.935. The molecule has 0 spiro atoms. The first-order chi connectivity index (χ1) is 9.18. The van der Waals surface area contributed by atoms with Gasteiger partial charge in [-0.3, -0.25) is 0 Å². The summed E-state index contributed by atoms with van der Waals surface area (Å²) >= 11 is 0. The smallest absolute Gasteiger partial charge is 0.163 e. The maximum Gasteiger partial charge on any atom is 0.163 e. The average molecular weight is 283 g/mol. The minimum Gasteiger partial charge on any atom is -0.310 e. The molecule has 2 atom stereocenters.